The molecule has 0 spiro atoms. The highest BCUT2D eigenvalue weighted by Gasteiger charge is 2.28. The summed E-state index contributed by atoms with van der Waals surface area (Å²) in [5.41, 5.74) is 2.14. The van der Waals surface area contributed by atoms with Crippen molar-refractivity contribution in [1.82, 2.24) is 0 Å². The van der Waals surface area contributed by atoms with Gasteiger partial charge >= 0.3 is 0 Å². The number of aliphatic hydroxyl groups is 1. The van der Waals surface area contributed by atoms with Crippen molar-refractivity contribution in [3.63, 3.8) is 0 Å². The lowest BCUT2D eigenvalue weighted by atomic mass is 9.97. The first-order valence-corrected chi connectivity index (χ1v) is 6.93. The molecule has 1 unspecified atom stereocenters. The monoisotopic (exact) mass is 283 g/mol. The Morgan fingerprint density at radius 3 is 2.71 bits per heavy atom. The Morgan fingerprint density at radius 1 is 1.24 bits per heavy atom. The molecule has 108 valence electrons. The largest absolute Gasteiger partial charge is 0.497 e. The number of benzene rings is 2. The third kappa shape index (κ3) is 2.50. The maximum atomic E-state index is 12.6. The first kappa shape index (κ1) is 13.6. The number of aliphatic hydroxyl groups excluding tert-OH is 1. The number of carbonyl (C=O) groups is 1. The number of anilines is 1. The second-order valence-electron chi connectivity index (χ2n) is 5.05. The average molecular weight is 283 g/mol. The molecule has 1 atom stereocenters. The molecule has 1 heterocycles. The molecule has 0 aliphatic carbocycles. The fourth-order valence-electron chi connectivity index (χ4n) is 2.65. The van der Waals surface area contributed by atoms with E-state index in [1.807, 2.05) is 30.3 Å². The lowest BCUT2D eigenvalue weighted by Gasteiger charge is -2.32. The van der Waals surface area contributed by atoms with Crippen molar-refractivity contribution in [2.45, 2.75) is 12.5 Å². The molecule has 2 aromatic rings. The van der Waals surface area contributed by atoms with E-state index in [0.717, 1.165) is 11.3 Å². The molecular formula is C17H17NO3. The van der Waals surface area contributed by atoms with Gasteiger partial charge in [0.2, 0.25) is 0 Å². The van der Waals surface area contributed by atoms with Crippen LogP contribution < -0.4 is 9.64 Å². The molecule has 4 heteroatoms. The van der Waals surface area contributed by atoms with Gasteiger partial charge in [-0.15, -0.1) is 0 Å². The summed E-state index contributed by atoms with van der Waals surface area (Å²) in [6.07, 6.45) is -0.0337. The molecule has 0 saturated carbocycles. The van der Waals surface area contributed by atoms with Crippen molar-refractivity contribution in [2.75, 3.05) is 18.6 Å². The Labute approximate surface area is 123 Å². The zero-order valence-corrected chi connectivity index (χ0v) is 11.8. The van der Waals surface area contributed by atoms with Gasteiger partial charge in [-0.25, -0.2) is 0 Å². The second kappa shape index (κ2) is 5.58. The van der Waals surface area contributed by atoms with Gasteiger partial charge in [0.05, 0.1) is 18.9 Å². The number of hydrogen-bond donors (Lipinski definition) is 1. The van der Waals surface area contributed by atoms with Gasteiger partial charge in [0.25, 0.3) is 5.91 Å². The van der Waals surface area contributed by atoms with E-state index in [1.165, 1.54) is 0 Å². The van der Waals surface area contributed by atoms with Crippen LogP contribution in [-0.2, 0) is 0 Å². The van der Waals surface area contributed by atoms with Crippen LogP contribution in [0, 0.1) is 0 Å². The van der Waals surface area contributed by atoms with E-state index in [4.69, 9.17) is 4.74 Å². The highest BCUT2D eigenvalue weighted by atomic mass is 16.5. The molecule has 0 radical (unpaired) electrons. The van der Waals surface area contributed by atoms with Crippen LogP contribution in [0.2, 0.25) is 0 Å². The number of rotatable bonds is 2. The molecule has 1 amide bonds. The quantitative estimate of drug-likeness (QED) is 0.922. The Morgan fingerprint density at radius 2 is 2.00 bits per heavy atom. The molecule has 0 bridgehead atoms. The van der Waals surface area contributed by atoms with Crippen LogP contribution in [0.15, 0.2) is 48.5 Å². The summed E-state index contributed by atoms with van der Waals surface area (Å²) in [5, 5.41) is 10.2. The number of carbonyl (C=O) groups excluding carboxylic acids is 1. The van der Waals surface area contributed by atoms with E-state index in [9.17, 15) is 9.90 Å². The smallest absolute Gasteiger partial charge is 0.258 e. The molecule has 3 rings (SSSR count). The van der Waals surface area contributed by atoms with Crippen LogP contribution in [0.5, 0.6) is 5.75 Å². The van der Waals surface area contributed by atoms with Gasteiger partial charge in [-0.2, -0.15) is 0 Å². The van der Waals surface area contributed by atoms with E-state index >= 15 is 0 Å². The molecular weight excluding hydrogens is 266 g/mol. The molecule has 4 nitrogen and oxygen atoms in total. The minimum absolute atomic E-state index is 0.0473. The maximum absolute atomic E-state index is 12.6. The van der Waals surface area contributed by atoms with Crippen LogP contribution in [0.4, 0.5) is 5.69 Å². The van der Waals surface area contributed by atoms with E-state index < -0.39 is 6.10 Å². The Hall–Kier alpha value is -2.33. The Bertz CT molecular complexity index is 654. The Balaban J connectivity index is 2.00. The van der Waals surface area contributed by atoms with E-state index in [0.29, 0.717) is 24.3 Å². The van der Waals surface area contributed by atoms with Gasteiger partial charge in [0, 0.05) is 17.7 Å². The summed E-state index contributed by atoms with van der Waals surface area (Å²) in [6, 6.07) is 14.6. The Kier molecular flexibility index (Phi) is 3.62. The van der Waals surface area contributed by atoms with Crippen LogP contribution in [0.25, 0.3) is 0 Å². The van der Waals surface area contributed by atoms with Crippen molar-refractivity contribution in [3.8, 4) is 5.75 Å². The average Bonchev–Trinajstić information content (AvgIpc) is 2.55. The van der Waals surface area contributed by atoms with Gasteiger partial charge in [0.15, 0.2) is 0 Å². The maximum Gasteiger partial charge on any atom is 0.258 e. The summed E-state index contributed by atoms with van der Waals surface area (Å²) in [4.78, 5) is 14.4. The second-order valence-corrected chi connectivity index (χ2v) is 5.05. The zero-order valence-electron chi connectivity index (χ0n) is 11.8. The predicted octanol–water partition coefficient (Wildman–Crippen LogP) is 2.78. The van der Waals surface area contributed by atoms with Gasteiger partial charge in [-0.3, -0.25) is 4.79 Å². The minimum Gasteiger partial charge on any atom is -0.497 e. The van der Waals surface area contributed by atoms with E-state index in [1.54, 1.807) is 30.2 Å². The first-order chi connectivity index (χ1) is 10.2. The van der Waals surface area contributed by atoms with Gasteiger partial charge < -0.3 is 14.7 Å². The van der Waals surface area contributed by atoms with Gasteiger partial charge in [-0.1, -0.05) is 18.2 Å². The van der Waals surface area contributed by atoms with Crippen molar-refractivity contribution in [1.29, 1.82) is 0 Å². The topological polar surface area (TPSA) is 49.8 Å². The lowest BCUT2D eigenvalue weighted by molar-refractivity contribution is 0.0970. The summed E-state index contributed by atoms with van der Waals surface area (Å²) < 4.78 is 5.19. The summed E-state index contributed by atoms with van der Waals surface area (Å²) >= 11 is 0. The SMILES string of the molecule is COc1ccc2c(c1)C(O)CCN2C(=O)c1ccccc1. The van der Waals surface area contributed by atoms with Crippen molar-refractivity contribution in [3.05, 3.63) is 59.7 Å². The minimum atomic E-state index is -0.560. The highest BCUT2D eigenvalue weighted by Crippen LogP contribution is 2.36. The highest BCUT2D eigenvalue weighted by molar-refractivity contribution is 6.06. The fourth-order valence-corrected chi connectivity index (χ4v) is 2.65. The number of ether oxygens (including phenoxy) is 1. The summed E-state index contributed by atoms with van der Waals surface area (Å²) in [6.45, 7) is 0.508. The molecule has 1 aliphatic rings. The van der Waals surface area contributed by atoms with E-state index in [2.05, 4.69) is 0 Å². The lowest BCUT2D eigenvalue weighted by Crippen LogP contribution is -2.36. The van der Waals surface area contributed by atoms with Crippen LogP contribution in [-0.4, -0.2) is 24.7 Å². The zero-order chi connectivity index (χ0) is 14.8. The van der Waals surface area contributed by atoms with Crippen molar-refractivity contribution >= 4 is 11.6 Å². The predicted molar refractivity (Wildman–Crippen MR) is 80.7 cm³/mol. The third-order valence-corrected chi connectivity index (χ3v) is 3.78. The van der Waals surface area contributed by atoms with Gasteiger partial charge in [0.1, 0.15) is 5.75 Å². The third-order valence-electron chi connectivity index (χ3n) is 3.78. The number of methoxy groups -OCH3 is 1. The van der Waals surface area contributed by atoms with Crippen molar-refractivity contribution in [2.24, 2.45) is 0 Å². The summed E-state index contributed by atoms with van der Waals surface area (Å²) in [7, 11) is 1.59. The number of fused-ring (bicyclic) bond motifs is 1. The van der Waals surface area contributed by atoms with Crippen LogP contribution >= 0.6 is 0 Å². The number of amides is 1. The van der Waals surface area contributed by atoms with Crippen LogP contribution in [0.1, 0.15) is 28.4 Å². The van der Waals surface area contributed by atoms with Gasteiger partial charge in [-0.05, 0) is 36.8 Å². The summed E-state index contributed by atoms with van der Waals surface area (Å²) in [5.74, 6) is 0.635. The van der Waals surface area contributed by atoms with Crippen molar-refractivity contribution < 1.29 is 14.6 Å². The molecule has 0 saturated heterocycles. The van der Waals surface area contributed by atoms with Crippen LogP contribution in [0.3, 0.4) is 0 Å². The molecule has 0 fully saturated rings. The van der Waals surface area contributed by atoms with E-state index in [-0.39, 0.29) is 5.91 Å². The number of hydrogen-bond acceptors (Lipinski definition) is 3. The molecule has 0 aromatic heterocycles. The molecule has 1 aliphatic heterocycles. The first-order valence-electron chi connectivity index (χ1n) is 6.93. The molecule has 2 aromatic carbocycles. The molecule has 1 N–H and O–H groups in total. The standard InChI is InChI=1S/C17H17NO3/c1-21-13-7-8-15-14(11-13)16(19)9-10-18(15)17(20)12-5-3-2-4-6-12/h2-8,11,16,19H,9-10H2,1H3. The normalized spacial score (nSPS) is 17.2. The fraction of sp³-hybridized carbons (Fsp3) is 0.235. The molecule has 21 heavy (non-hydrogen) atoms. The number of nitrogens with zero attached hydrogens (tertiary/aromatic N) is 1.